The van der Waals surface area contributed by atoms with Crippen LogP contribution in [0.2, 0.25) is 0 Å². The van der Waals surface area contributed by atoms with Gasteiger partial charge in [0.1, 0.15) is 5.82 Å². The third-order valence-corrected chi connectivity index (χ3v) is 4.64. The lowest BCUT2D eigenvalue weighted by Gasteiger charge is -2.28. The third kappa shape index (κ3) is 3.37. The quantitative estimate of drug-likeness (QED) is 0.401. The highest BCUT2D eigenvalue weighted by atomic mass is 32.2. The SMILES string of the molecule is CN1Sc2cccc(B(O)OC=O)c2C(O)=C1C(=O)Nc1ccccn1. The Morgan fingerprint density at radius 3 is 2.85 bits per heavy atom. The summed E-state index contributed by atoms with van der Waals surface area (Å²) in [4.78, 5) is 27.8. The summed E-state index contributed by atoms with van der Waals surface area (Å²) in [5.74, 6) is -0.569. The van der Waals surface area contributed by atoms with E-state index in [0.29, 0.717) is 10.7 Å². The smallest absolute Gasteiger partial charge is 0.508 e. The maximum Gasteiger partial charge on any atom is 0.562 e. The van der Waals surface area contributed by atoms with E-state index in [0.717, 1.165) is 0 Å². The second-order valence-corrected chi connectivity index (χ2v) is 6.43. The van der Waals surface area contributed by atoms with Crippen molar-refractivity contribution < 1.29 is 24.4 Å². The van der Waals surface area contributed by atoms with Crippen LogP contribution in [-0.2, 0) is 14.2 Å². The van der Waals surface area contributed by atoms with Crippen molar-refractivity contribution >= 4 is 48.5 Å². The van der Waals surface area contributed by atoms with E-state index in [1.54, 1.807) is 37.4 Å². The molecule has 0 radical (unpaired) electrons. The highest BCUT2D eigenvalue weighted by Gasteiger charge is 2.34. The molecule has 3 rings (SSSR count). The standard InChI is InChI=1S/C16H14BN3O5S/c1-20-14(16(23)19-12-7-2-3-8-18-12)15(22)13-10(17(24)25-9-21)5-4-6-11(13)26-20/h2-9,22,24H,1H3,(H,18,19,23). The Balaban J connectivity index is 2.03. The number of hydrogen-bond donors (Lipinski definition) is 3. The van der Waals surface area contributed by atoms with Crippen molar-refractivity contribution in [2.45, 2.75) is 4.90 Å². The van der Waals surface area contributed by atoms with E-state index >= 15 is 0 Å². The molecule has 1 aliphatic heterocycles. The first-order valence-electron chi connectivity index (χ1n) is 7.50. The molecule has 132 valence electrons. The average molecular weight is 371 g/mol. The van der Waals surface area contributed by atoms with Crippen LogP contribution in [0.1, 0.15) is 5.56 Å². The molecule has 10 heteroatoms. The number of aliphatic hydroxyl groups excluding tert-OH is 1. The molecule has 0 fully saturated rings. The number of carbonyl (C=O) groups is 2. The minimum Gasteiger partial charge on any atom is -0.508 e. The summed E-state index contributed by atoms with van der Waals surface area (Å²) in [5.41, 5.74) is 0.394. The molecule has 0 aliphatic carbocycles. The largest absolute Gasteiger partial charge is 0.562 e. The van der Waals surface area contributed by atoms with Crippen LogP contribution in [0.25, 0.3) is 5.76 Å². The zero-order valence-electron chi connectivity index (χ0n) is 13.6. The summed E-state index contributed by atoms with van der Waals surface area (Å²) >= 11 is 1.19. The highest BCUT2D eigenvalue weighted by Crippen LogP contribution is 2.38. The number of amides is 1. The van der Waals surface area contributed by atoms with Gasteiger partial charge in [0.15, 0.2) is 11.5 Å². The van der Waals surface area contributed by atoms with Crippen molar-refractivity contribution in [1.82, 2.24) is 9.29 Å². The number of carbonyl (C=O) groups excluding carboxylic acids is 2. The van der Waals surface area contributed by atoms with Crippen molar-refractivity contribution in [1.29, 1.82) is 0 Å². The van der Waals surface area contributed by atoms with Gasteiger partial charge in [0.2, 0.25) is 0 Å². The van der Waals surface area contributed by atoms with Gasteiger partial charge >= 0.3 is 7.12 Å². The monoisotopic (exact) mass is 371 g/mol. The average Bonchev–Trinajstić information content (AvgIpc) is 2.62. The highest BCUT2D eigenvalue weighted by molar-refractivity contribution is 7.97. The molecule has 0 saturated heterocycles. The van der Waals surface area contributed by atoms with Gasteiger partial charge in [-0.2, -0.15) is 0 Å². The van der Waals surface area contributed by atoms with Crippen LogP contribution >= 0.6 is 11.9 Å². The van der Waals surface area contributed by atoms with Crippen molar-refractivity contribution in [2.24, 2.45) is 0 Å². The van der Waals surface area contributed by atoms with Gasteiger partial charge in [-0.3, -0.25) is 9.59 Å². The third-order valence-electron chi connectivity index (χ3n) is 3.64. The Labute approximate surface area is 153 Å². The Kier molecular flexibility index (Phi) is 5.15. The molecule has 2 heterocycles. The van der Waals surface area contributed by atoms with Crippen LogP contribution in [0.4, 0.5) is 5.82 Å². The Morgan fingerprint density at radius 2 is 2.15 bits per heavy atom. The molecule has 0 saturated carbocycles. The van der Waals surface area contributed by atoms with Gasteiger partial charge in [0.25, 0.3) is 12.4 Å². The van der Waals surface area contributed by atoms with Gasteiger partial charge in [-0.15, -0.1) is 0 Å². The van der Waals surface area contributed by atoms with E-state index in [1.165, 1.54) is 28.5 Å². The second kappa shape index (κ2) is 7.50. The fraction of sp³-hybridized carbons (Fsp3) is 0.0625. The number of pyridine rings is 1. The lowest BCUT2D eigenvalue weighted by molar-refractivity contribution is -0.121. The first kappa shape index (κ1) is 17.8. The number of nitrogens with one attached hydrogen (secondary N) is 1. The van der Waals surface area contributed by atoms with E-state index in [9.17, 15) is 19.7 Å². The summed E-state index contributed by atoms with van der Waals surface area (Å²) < 4.78 is 6.08. The molecule has 1 aromatic carbocycles. The molecular formula is C16H14BN3O5S. The van der Waals surface area contributed by atoms with E-state index in [2.05, 4.69) is 15.0 Å². The van der Waals surface area contributed by atoms with Crippen LogP contribution in [0.5, 0.6) is 0 Å². The summed E-state index contributed by atoms with van der Waals surface area (Å²) in [7, 11) is 0.0658. The van der Waals surface area contributed by atoms with Gasteiger partial charge in [0, 0.05) is 29.2 Å². The van der Waals surface area contributed by atoms with Gasteiger partial charge in [-0.1, -0.05) is 18.2 Å². The number of likely N-dealkylation sites (N-methyl/N-ethyl adjacent to an activating group) is 1. The van der Waals surface area contributed by atoms with E-state index in [-0.39, 0.29) is 29.0 Å². The minimum atomic E-state index is -1.56. The number of nitrogens with zero attached hydrogens (tertiary/aromatic N) is 2. The molecule has 0 spiro atoms. The summed E-state index contributed by atoms with van der Waals surface area (Å²) in [6, 6.07) is 9.93. The molecule has 0 unspecified atom stereocenters. The Bertz CT molecular complexity index is 877. The first-order valence-corrected chi connectivity index (χ1v) is 8.28. The second-order valence-electron chi connectivity index (χ2n) is 5.26. The van der Waals surface area contributed by atoms with Gasteiger partial charge in [-0.05, 0) is 30.1 Å². The molecule has 2 aromatic rings. The number of fused-ring (bicyclic) bond motifs is 1. The predicted octanol–water partition coefficient (Wildman–Crippen LogP) is 0.760. The fourth-order valence-corrected chi connectivity index (χ4v) is 3.53. The van der Waals surface area contributed by atoms with Crippen molar-refractivity contribution in [3.05, 3.63) is 53.9 Å². The molecule has 0 bridgehead atoms. The summed E-state index contributed by atoms with van der Waals surface area (Å²) in [6.07, 6.45) is 1.53. The maximum absolute atomic E-state index is 12.6. The molecule has 1 aromatic heterocycles. The molecule has 3 N–H and O–H groups in total. The van der Waals surface area contributed by atoms with Crippen LogP contribution < -0.4 is 10.8 Å². The topological polar surface area (TPSA) is 112 Å². The van der Waals surface area contributed by atoms with Crippen molar-refractivity contribution in [3.63, 3.8) is 0 Å². The van der Waals surface area contributed by atoms with Crippen LogP contribution in [-0.4, -0.2) is 46.0 Å². The summed E-state index contributed by atoms with van der Waals surface area (Å²) in [6.45, 7) is 0.113. The number of rotatable bonds is 5. The molecule has 1 aliphatic rings. The Hall–Kier alpha value is -2.98. The predicted molar refractivity (Wildman–Crippen MR) is 97.2 cm³/mol. The normalized spacial score (nSPS) is 13.1. The lowest BCUT2D eigenvalue weighted by Crippen LogP contribution is -2.38. The Morgan fingerprint density at radius 1 is 1.35 bits per heavy atom. The number of anilines is 1. The van der Waals surface area contributed by atoms with Gasteiger partial charge in [0.05, 0.1) is 0 Å². The maximum atomic E-state index is 12.6. The molecule has 26 heavy (non-hydrogen) atoms. The molecular weight excluding hydrogens is 357 g/mol. The number of hydrogen-bond acceptors (Lipinski definition) is 8. The van der Waals surface area contributed by atoms with Gasteiger partial charge in [-0.25, -0.2) is 4.98 Å². The number of aromatic nitrogens is 1. The van der Waals surface area contributed by atoms with Crippen LogP contribution in [0.15, 0.2) is 53.2 Å². The number of aliphatic hydroxyl groups is 1. The van der Waals surface area contributed by atoms with E-state index < -0.39 is 13.0 Å². The van der Waals surface area contributed by atoms with Crippen LogP contribution in [0, 0.1) is 0 Å². The molecule has 0 atom stereocenters. The van der Waals surface area contributed by atoms with E-state index in [1.807, 2.05) is 0 Å². The zero-order chi connectivity index (χ0) is 18.7. The zero-order valence-corrected chi connectivity index (χ0v) is 14.4. The molecule has 1 amide bonds. The summed E-state index contributed by atoms with van der Waals surface area (Å²) in [5, 5.41) is 23.3. The fourth-order valence-electron chi connectivity index (χ4n) is 2.53. The minimum absolute atomic E-state index is 0.0149. The lowest BCUT2D eigenvalue weighted by atomic mass is 9.75. The molecule has 8 nitrogen and oxygen atoms in total. The van der Waals surface area contributed by atoms with E-state index in [4.69, 9.17) is 0 Å². The van der Waals surface area contributed by atoms with Gasteiger partial charge < -0.3 is 24.4 Å². The first-order chi connectivity index (χ1) is 12.5. The van der Waals surface area contributed by atoms with Crippen molar-refractivity contribution in [2.75, 3.05) is 12.4 Å². The van der Waals surface area contributed by atoms with Crippen LogP contribution in [0.3, 0.4) is 0 Å². The van der Waals surface area contributed by atoms with Crippen molar-refractivity contribution in [3.8, 4) is 0 Å². The number of benzene rings is 1.